The Morgan fingerprint density at radius 1 is 0.810 bits per heavy atom. The molecule has 0 saturated carbocycles. The van der Waals surface area contributed by atoms with Crippen molar-refractivity contribution in [1.82, 2.24) is 15.0 Å². The number of hydrogen-bond acceptors (Lipinski definition) is 5. The van der Waals surface area contributed by atoms with E-state index in [0.29, 0.717) is 22.6 Å². The molecule has 3 heterocycles. The van der Waals surface area contributed by atoms with Crippen molar-refractivity contribution in [3.63, 3.8) is 0 Å². The van der Waals surface area contributed by atoms with E-state index in [9.17, 15) is 10.1 Å². The molecule has 6 nitrogen and oxygen atoms in total. The highest BCUT2D eigenvalue weighted by Gasteiger charge is 2.22. The van der Waals surface area contributed by atoms with E-state index in [1.54, 1.807) is 42.7 Å². The highest BCUT2D eigenvalue weighted by atomic mass is 16.6. The molecule has 0 aromatic carbocycles. The second kappa shape index (κ2) is 5.46. The summed E-state index contributed by atoms with van der Waals surface area (Å²) in [7, 11) is 0. The Balaban J connectivity index is 2.31. The van der Waals surface area contributed by atoms with Crippen LogP contribution in [0.4, 0.5) is 5.69 Å². The monoisotopic (exact) mass is 278 g/mol. The lowest BCUT2D eigenvalue weighted by atomic mass is 10.0. The summed E-state index contributed by atoms with van der Waals surface area (Å²) in [6, 6.07) is 12.0. The number of aromatic nitrogens is 3. The second-order valence-corrected chi connectivity index (χ2v) is 4.24. The largest absolute Gasteiger partial charge is 0.282 e. The van der Waals surface area contributed by atoms with Crippen LogP contribution >= 0.6 is 0 Å². The van der Waals surface area contributed by atoms with E-state index in [2.05, 4.69) is 15.0 Å². The molecule has 0 radical (unpaired) electrons. The highest BCUT2D eigenvalue weighted by molar-refractivity contribution is 5.84. The molecule has 0 spiro atoms. The van der Waals surface area contributed by atoms with Crippen LogP contribution in [0.2, 0.25) is 0 Å². The van der Waals surface area contributed by atoms with Gasteiger partial charge in [-0.05, 0) is 24.3 Å². The van der Waals surface area contributed by atoms with Gasteiger partial charge in [-0.25, -0.2) is 0 Å². The van der Waals surface area contributed by atoms with E-state index in [0.717, 1.165) is 0 Å². The standard InChI is InChI=1S/C15H10N4O2/c20-19(21)13-7-10-18-15(12-6-2-4-9-17-12)14(13)11-5-1-3-8-16-11/h1-10H. The molecule has 0 bridgehead atoms. The average Bonchev–Trinajstić information content (AvgIpc) is 2.55. The van der Waals surface area contributed by atoms with E-state index in [1.165, 1.54) is 12.3 Å². The Hall–Kier alpha value is -3.15. The molecule has 0 atom stereocenters. The summed E-state index contributed by atoms with van der Waals surface area (Å²) in [5, 5.41) is 11.3. The van der Waals surface area contributed by atoms with Gasteiger partial charge in [0.1, 0.15) is 11.3 Å². The van der Waals surface area contributed by atoms with E-state index >= 15 is 0 Å². The van der Waals surface area contributed by atoms with Gasteiger partial charge < -0.3 is 0 Å². The van der Waals surface area contributed by atoms with Crippen molar-refractivity contribution >= 4 is 5.69 Å². The number of rotatable bonds is 3. The van der Waals surface area contributed by atoms with Crippen LogP contribution in [-0.4, -0.2) is 19.9 Å². The Morgan fingerprint density at radius 2 is 1.48 bits per heavy atom. The fourth-order valence-electron chi connectivity index (χ4n) is 2.06. The van der Waals surface area contributed by atoms with Gasteiger partial charge in [0.15, 0.2) is 0 Å². The van der Waals surface area contributed by atoms with Gasteiger partial charge in [-0.3, -0.25) is 25.1 Å². The van der Waals surface area contributed by atoms with E-state index < -0.39 is 4.92 Å². The van der Waals surface area contributed by atoms with Gasteiger partial charge in [0.25, 0.3) is 5.69 Å². The molecular weight excluding hydrogens is 268 g/mol. The van der Waals surface area contributed by atoms with Crippen LogP contribution in [0.5, 0.6) is 0 Å². The van der Waals surface area contributed by atoms with Crippen LogP contribution < -0.4 is 0 Å². The third-order valence-electron chi connectivity index (χ3n) is 2.95. The molecule has 0 aliphatic heterocycles. The summed E-state index contributed by atoms with van der Waals surface area (Å²) in [4.78, 5) is 23.6. The normalized spacial score (nSPS) is 10.3. The molecule has 6 heteroatoms. The lowest BCUT2D eigenvalue weighted by Crippen LogP contribution is -1.98. The van der Waals surface area contributed by atoms with Crippen LogP contribution in [0.25, 0.3) is 22.6 Å². The predicted molar refractivity (Wildman–Crippen MR) is 77.4 cm³/mol. The molecule has 0 amide bonds. The van der Waals surface area contributed by atoms with E-state index in [1.807, 2.05) is 6.07 Å². The summed E-state index contributed by atoms with van der Waals surface area (Å²) < 4.78 is 0. The summed E-state index contributed by atoms with van der Waals surface area (Å²) in [6.07, 6.45) is 4.63. The van der Waals surface area contributed by atoms with Gasteiger partial charge in [-0.2, -0.15) is 0 Å². The molecule has 0 unspecified atom stereocenters. The SMILES string of the molecule is O=[N+]([O-])c1ccnc(-c2ccccn2)c1-c1ccccn1. The fourth-order valence-corrected chi connectivity index (χ4v) is 2.06. The molecule has 3 aromatic rings. The van der Waals surface area contributed by atoms with Gasteiger partial charge in [0, 0.05) is 24.7 Å². The zero-order chi connectivity index (χ0) is 14.7. The molecule has 102 valence electrons. The number of pyridine rings is 3. The summed E-state index contributed by atoms with van der Waals surface area (Å²) in [6.45, 7) is 0. The Kier molecular flexibility index (Phi) is 3.34. The van der Waals surface area contributed by atoms with Crippen molar-refractivity contribution in [2.75, 3.05) is 0 Å². The molecule has 3 rings (SSSR count). The van der Waals surface area contributed by atoms with Gasteiger partial charge in [-0.15, -0.1) is 0 Å². The van der Waals surface area contributed by atoms with E-state index in [4.69, 9.17) is 0 Å². The van der Waals surface area contributed by atoms with E-state index in [-0.39, 0.29) is 5.69 Å². The molecule has 3 aromatic heterocycles. The van der Waals surface area contributed by atoms with Crippen molar-refractivity contribution in [3.8, 4) is 22.6 Å². The maximum atomic E-state index is 11.3. The third kappa shape index (κ3) is 2.46. The summed E-state index contributed by atoms with van der Waals surface area (Å²) in [5.74, 6) is 0. The molecule has 0 aliphatic carbocycles. The Morgan fingerprint density at radius 3 is 2.05 bits per heavy atom. The number of nitrogens with zero attached hydrogens (tertiary/aromatic N) is 4. The topological polar surface area (TPSA) is 81.8 Å². The molecular formula is C15H10N4O2. The zero-order valence-corrected chi connectivity index (χ0v) is 10.9. The van der Waals surface area contributed by atoms with Gasteiger partial charge >= 0.3 is 0 Å². The lowest BCUT2D eigenvalue weighted by Gasteiger charge is -2.08. The predicted octanol–water partition coefficient (Wildman–Crippen LogP) is 3.11. The van der Waals surface area contributed by atoms with Crippen molar-refractivity contribution < 1.29 is 4.92 Å². The number of hydrogen-bond donors (Lipinski definition) is 0. The maximum Gasteiger partial charge on any atom is 0.282 e. The molecule has 0 aliphatic rings. The third-order valence-corrected chi connectivity index (χ3v) is 2.95. The van der Waals surface area contributed by atoms with Crippen molar-refractivity contribution in [1.29, 1.82) is 0 Å². The fraction of sp³-hybridized carbons (Fsp3) is 0. The average molecular weight is 278 g/mol. The van der Waals surface area contributed by atoms with Crippen LogP contribution in [0.15, 0.2) is 61.1 Å². The minimum Gasteiger partial charge on any atom is -0.258 e. The van der Waals surface area contributed by atoms with Gasteiger partial charge in [0.2, 0.25) is 0 Å². The molecule has 0 saturated heterocycles. The van der Waals surface area contributed by atoms with Crippen LogP contribution in [0, 0.1) is 10.1 Å². The zero-order valence-electron chi connectivity index (χ0n) is 10.9. The first-order valence-corrected chi connectivity index (χ1v) is 6.23. The first kappa shape index (κ1) is 12.9. The van der Waals surface area contributed by atoms with Crippen molar-refractivity contribution in [3.05, 3.63) is 71.2 Å². The van der Waals surface area contributed by atoms with Crippen LogP contribution in [-0.2, 0) is 0 Å². The Labute approximate surface area is 120 Å². The van der Waals surface area contributed by atoms with Crippen molar-refractivity contribution in [2.45, 2.75) is 0 Å². The molecule has 0 N–H and O–H groups in total. The number of nitro groups is 1. The van der Waals surface area contributed by atoms with Gasteiger partial charge in [0.05, 0.1) is 16.3 Å². The Bertz CT molecular complexity index is 776. The van der Waals surface area contributed by atoms with Gasteiger partial charge in [-0.1, -0.05) is 12.1 Å². The van der Waals surface area contributed by atoms with Crippen LogP contribution in [0.3, 0.4) is 0 Å². The minimum absolute atomic E-state index is 0.0376. The minimum atomic E-state index is -0.432. The van der Waals surface area contributed by atoms with Crippen molar-refractivity contribution in [2.24, 2.45) is 0 Å². The van der Waals surface area contributed by atoms with Crippen LogP contribution in [0.1, 0.15) is 0 Å². The first-order chi connectivity index (χ1) is 10.3. The second-order valence-electron chi connectivity index (χ2n) is 4.24. The summed E-state index contributed by atoms with van der Waals surface area (Å²) in [5.41, 5.74) is 1.86. The lowest BCUT2D eigenvalue weighted by molar-refractivity contribution is -0.384. The highest BCUT2D eigenvalue weighted by Crippen LogP contribution is 2.35. The first-order valence-electron chi connectivity index (χ1n) is 6.23. The molecule has 21 heavy (non-hydrogen) atoms. The quantitative estimate of drug-likeness (QED) is 0.543. The molecule has 0 fully saturated rings. The maximum absolute atomic E-state index is 11.3. The smallest absolute Gasteiger partial charge is 0.258 e. The summed E-state index contributed by atoms with van der Waals surface area (Å²) >= 11 is 0.